The van der Waals surface area contributed by atoms with Crippen molar-refractivity contribution in [3.63, 3.8) is 0 Å². The zero-order valence-electron chi connectivity index (χ0n) is 10.4. The molecule has 0 radical (unpaired) electrons. The molecule has 0 fully saturated rings. The van der Waals surface area contributed by atoms with Crippen LogP contribution in [0.5, 0.6) is 0 Å². The molecule has 0 aliphatic rings. The highest BCUT2D eigenvalue weighted by molar-refractivity contribution is 7.91. The average molecular weight is 289 g/mol. The lowest BCUT2D eigenvalue weighted by Gasteiger charge is -2.13. The van der Waals surface area contributed by atoms with E-state index in [0.29, 0.717) is 11.6 Å². The zero-order chi connectivity index (χ0) is 13.9. The van der Waals surface area contributed by atoms with E-state index in [1.165, 1.54) is 0 Å². The monoisotopic (exact) mass is 289 g/mol. The van der Waals surface area contributed by atoms with Crippen LogP contribution in [-0.4, -0.2) is 34.4 Å². The predicted molar refractivity (Wildman–Crippen MR) is 71.5 cm³/mol. The average Bonchev–Trinajstić information content (AvgIpc) is 2.54. The van der Waals surface area contributed by atoms with Crippen LogP contribution in [0.2, 0.25) is 0 Å². The molecule has 1 aromatic heterocycles. The number of nitrogen functional groups attached to an aromatic ring is 1. The highest BCUT2D eigenvalue weighted by Gasteiger charge is 2.24. The van der Waals surface area contributed by atoms with Gasteiger partial charge < -0.3 is 15.8 Å². The first-order chi connectivity index (χ1) is 8.31. The number of thiophene rings is 1. The second kappa shape index (κ2) is 5.56. The Morgan fingerprint density at radius 3 is 2.67 bits per heavy atom. The number of nitrogens with two attached hydrogens (primary N) is 1. The largest absolute Gasteiger partial charge is 0.396 e. The molecule has 3 N–H and O–H groups in total. The Bertz CT molecular complexity index is 572. The number of anilines is 2. The molecule has 1 rings (SSSR count). The quantitative estimate of drug-likeness (QED) is 0.839. The van der Waals surface area contributed by atoms with Gasteiger partial charge in [-0.2, -0.15) is 5.26 Å². The maximum Gasteiger partial charge on any atom is 0.180 e. The summed E-state index contributed by atoms with van der Waals surface area (Å²) in [4.78, 5) is 0.189. The number of nitrogens with one attached hydrogen (secondary N) is 1. The van der Waals surface area contributed by atoms with Crippen LogP contribution < -0.4 is 11.1 Å². The fourth-order valence-electron chi connectivity index (χ4n) is 1.49. The van der Waals surface area contributed by atoms with Gasteiger partial charge in [-0.1, -0.05) is 0 Å². The van der Waals surface area contributed by atoms with Crippen molar-refractivity contribution in [2.75, 3.05) is 31.0 Å². The zero-order valence-corrected chi connectivity index (χ0v) is 12.0. The van der Waals surface area contributed by atoms with Gasteiger partial charge in [-0.25, -0.2) is 8.42 Å². The molecule has 0 saturated heterocycles. The minimum atomic E-state index is -3.48. The maximum absolute atomic E-state index is 11.7. The number of methoxy groups -OCH3 is 1. The van der Waals surface area contributed by atoms with E-state index in [9.17, 15) is 8.42 Å². The van der Waals surface area contributed by atoms with Gasteiger partial charge >= 0.3 is 0 Å². The molecule has 6 nitrogen and oxygen atoms in total. The summed E-state index contributed by atoms with van der Waals surface area (Å²) in [6.07, 6.45) is 1.07. The van der Waals surface area contributed by atoms with Crippen molar-refractivity contribution < 1.29 is 13.2 Å². The van der Waals surface area contributed by atoms with Crippen LogP contribution in [-0.2, 0) is 14.6 Å². The Balaban J connectivity index is 3.24. The normalized spacial score (nSPS) is 13.0. The summed E-state index contributed by atoms with van der Waals surface area (Å²) < 4.78 is 28.3. The van der Waals surface area contributed by atoms with Gasteiger partial charge in [0.05, 0.1) is 12.3 Å². The minimum absolute atomic E-state index is 0.00740. The van der Waals surface area contributed by atoms with Crippen molar-refractivity contribution >= 4 is 31.9 Å². The lowest BCUT2D eigenvalue weighted by molar-refractivity contribution is 0.190. The Hall–Kier alpha value is -1.30. The second-order valence-electron chi connectivity index (χ2n) is 3.89. The topological polar surface area (TPSA) is 105 Å². The molecule has 0 aromatic carbocycles. The van der Waals surface area contributed by atoms with E-state index in [0.717, 1.165) is 17.6 Å². The Labute approximate surface area is 110 Å². The number of hydrogen-bond acceptors (Lipinski definition) is 7. The summed E-state index contributed by atoms with van der Waals surface area (Å²) in [6.45, 7) is 2.26. The van der Waals surface area contributed by atoms with Crippen LogP contribution in [0.4, 0.5) is 10.7 Å². The third-order valence-electron chi connectivity index (χ3n) is 2.17. The number of hydrogen-bond donors (Lipinski definition) is 2. The van der Waals surface area contributed by atoms with E-state index >= 15 is 0 Å². The van der Waals surface area contributed by atoms with Crippen LogP contribution in [0.25, 0.3) is 0 Å². The Morgan fingerprint density at radius 2 is 2.22 bits per heavy atom. The number of nitriles is 1. The molecule has 1 unspecified atom stereocenters. The van der Waals surface area contributed by atoms with E-state index in [-0.39, 0.29) is 21.5 Å². The van der Waals surface area contributed by atoms with Gasteiger partial charge in [-0.15, -0.1) is 11.3 Å². The summed E-state index contributed by atoms with van der Waals surface area (Å²) in [5.74, 6) is 0. The number of ether oxygens (including phenoxy) is 1. The third kappa shape index (κ3) is 3.13. The molecular formula is C10H15N3O3S2. The lowest BCUT2D eigenvalue weighted by Crippen LogP contribution is -2.21. The minimum Gasteiger partial charge on any atom is -0.396 e. The highest BCUT2D eigenvalue weighted by atomic mass is 32.2. The van der Waals surface area contributed by atoms with Crippen LogP contribution in [0.3, 0.4) is 0 Å². The number of nitrogens with zero attached hydrogens (tertiary/aromatic N) is 1. The standard InChI is InChI=1S/C10H15N3O3S2/c1-6(5-16-2)13-10-9(18(3,14)15)8(12)7(4-11)17-10/h6,13H,5,12H2,1-3H3. The van der Waals surface area contributed by atoms with Gasteiger partial charge in [-0.05, 0) is 6.92 Å². The fraction of sp³-hybridized carbons (Fsp3) is 0.500. The molecule has 100 valence electrons. The van der Waals surface area contributed by atoms with Crippen molar-refractivity contribution in [1.82, 2.24) is 0 Å². The van der Waals surface area contributed by atoms with Gasteiger partial charge in [0, 0.05) is 19.4 Å². The van der Waals surface area contributed by atoms with Crippen molar-refractivity contribution in [3.05, 3.63) is 4.88 Å². The molecular weight excluding hydrogens is 274 g/mol. The molecule has 0 bridgehead atoms. The third-order valence-corrected chi connectivity index (χ3v) is 4.50. The smallest absolute Gasteiger partial charge is 0.180 e. The second-order valence-corrected chi connectivity index (χ2v) is 6.86. The first kappa shape index (κ1) is 14.8. The first-order valence-electron chi connectivity index (χ1n) is 5.09. The Kier molecular flexibility index (Phi) is 4.56. The molecule has 1 heterocycles. The summed E-state index contributed by atoms with van der Waals surface area (Å²) in [5.41, 5.74) is 5.70. The van der Waals surface area contributed by atoms with Gasteiger partial charge in [-0.3, -0.25) is 0 Å². The molecule has 0 aliphatic carbocycles. The van der Waals surface area contributed by atoms with E-state index in [2.05, 4.69) is 5.32 Å². The van der Waals surface area contributed by atoms with Crippen LogP contribution in [0, 0.1) is 11.3 Å². The van der Waals surface area contributed by atoms with Gasteiger partial charge in [0.25, 0.3) is 0 Å². The van der Waals surface area contributed by atoms with E-state index in [1.807, 2.05) is 13.0 Å². The van der Waals surface area contributed by atoms with Crippen LogP contribution in [0.1, 0.15) is 11.8 Å². The van der Waals surface area contributed by atoms with Gasteiger partial charge in [0.15, 0.2) is 9.84 Å². The molecule has 0 spiro atoms. The first-order valence-corrected chi connectivity index (χ1v) is 7.80. The van der Waals surface area contributed by atoms with Gasteiger partial charge in [0.2, 0.25) is 0 Å². The summed E-state index contributed by atoms with van der Waals surface area (Å²) in [5, 5.41) is 12.3. The molecule has 1 atom stereocenters. The number of rotatable bonds is 5. The maximum atomic E-state index is 11.7. The summed E-state index contributed by atoms with van der Waals surface area (Å²) in [6, 6.07) is 1.81. The molecule has 0 aliphatic heterocycles. The predicted octanol–water partition coefficient (Wildman–Crippen LogP) is 1.05. The van der Waals surface area contributed by atoms with Crippen LogP contribution >= 0.6 is 11.3 Å². The molecule has 8 heteroatoms. The highest BCUT2D eigenvalue weighted by Crippen LogP contribution is 2.38. The molecule has 0 amide bonds. The van der Waals surface area contributed by atoms with E-state index in [4.69, 9.17) is 15.7 Å². The SMILES string of the molecule is COCC(C)Nc1sc(C#N)c(N)c1S(C)(=O)=O. The van der Waals surface area contributed by atoms with Crippen molar-refractivity contribution in [3.8, 4) is 6.07 Å². The molecule has 0 saturated carbocycles. The molecule has 18 heavy (non-hydrogen) atoms. The van der Waals surface area contributed by atoms with Crippen molar-refractivity contribution in [2.45, 2.75) is 17.9 Å². The van der Waals surface area contributed by atoms with E-state index < -0.39 is 9.84 Å². The number of sulfone groups is 1. The fourth-order valence-corrected chi connectivity index (χ4v) is 3.96. The summed E-state index contributed by atoms with van der Waals surface area (Å²) in [7, 11) is -1.93. The lowest BCUT2D eigenvalue weighted by atomic mass is 10.3. The van der Waals surface area contributed by atoms with Crippen molar-refractivity contribution in [2.24, 2.45) is 0 Å². The van der Waals surface area contributed by atoms with Crippen LogP contribution in [0.15, 0.2) is 4.90 Å². The van der Waals surface area contributed by atoms with E-state index in [1.54, 1.807) is 7.11 Å². The molecule has 1 aromatic rings. The van der Waals surface area contributed by atoms with Crippen molar-refractivity contribution in [1.29, 1.82) is 5.26 Å². The summed E-state index contributed by atoms with van der Waals surface area (Å²) >= 11 is 1.04. The Morgan fingerprint density at radius 1 is 1.61 bits per heavy atom. The van der Waals surface area contributed by atoms with Gasteiger partial charge in [0.1, 0.15) is 20.8 Å².